The fourth-order valence-electron chi connectivity index (χ4n) is 8.65. The highest BCUT2D eigenvalue weighted by Crippen LogP contribution is 2.28. The lowest BCUT2D eigenvalue weighted by molar-refractivity contribution is -0.158. The van der Waals surface area contributed by atoms with Crippen molar-refractivity contribution < 1.29 is 62.8 Å². The van der Waals surface area contributed by atoms with E-state index in [0.29, 0.717) is 11.1 Å². The summed E-state index contributed by atoms with van der Waals surface area (Å²) in [4.78, 5) is 130. The van der Waals surface area contributed by atoms with E-state index < -0.39 is 126 Å². The van der Waals surface area contributed by atoms with Crippen molar-refractivity contribution in [2.45, 2.75) is 154 Å². The predicted octanol–water partition coefficient (Wildman–Crippen LogP) is 0.322. The molecule has 0 aromatic heterocycles. The number of methoxy groups -OCH3 is 1. The largest absolute Gasteiger partial charge is 0.508 e. The normalized spacial score (nSPS) is 25.0. The number of nitrogens with two attached hydrogens (primary N) is 1. The van der Waals surface area contributed by atoms with Crippen LogP contribution in [0.1, 0.15) is 91.7 Å². The SMILES string of the molecule is CO[C@@H]1CC[C@H]2C(=O)N[C@@H](CC(C)C)C(=O)N(C)[C@@H](Cc3ccccc3)C(=O)N[C@@H](C(C)C)C(=O)O[C@@H](C)[C@H](NC(=O)[C@@H](CC(N)=O)NC(=O)[C@@H](O)Cc3ccc(O)cc3)C(=O)N[C@@H](CC(C)C)C(=O)N12. The summed E-state index contributed by atoms with van der Waals surface area (Å²) in [6, 6.07) is 4.48. The summed E-state index contributed by atoms with van der Waals surface area (Å²) in [7, 11) is 2.79. The molecule has 390 valence electrons. The summed E-state index contributed by atoms with van der Waals surface area (Å²) < 4.78 is 11.6. The summed E-state index contributed by atoms with van der Waals surface area (Å²) in [5, 5.41) is 33.4. The van der Waals surface area contributed by atoms with E-state index in [1.165, 1.54) is 55.1 Å². The van der Waals surface area contributed by atoms with Crippen molar-refractivity contribution in [3.8, 4) is 5.75 Å². The first-order valence-electron chi connectivity index (χ1n) is 24.0. The van der Waals surface area contributed by atoms with Gasteiger partial charge < -0.3 is 61.8 Å². The van der Waals surface area contributed by atoms with Gasteiger partial charge >= 0.3 is 5.97 Å². The van der Waals surface area contributed by atoms with Crippen LogP contribution in [0.3, 0.4) is 0 Å². The van der Waals surface area contributed by atoms with Gasteiger partial charge in [0.1, 0.15) is 66.5 Å². The number of primary amides is 1. The number of aliphatic hydroxyl groups excluding tert-OH is 1. The van der Waals surface area contributed by atoms with E-state index in [9.17, 15) is 53.4 Å². The number of phenolic OH excluding ortho intramolecular Hbond substituents is 1. The Balaban J connectivity index is 1.83. The van der Waals surface area contributed by atoms with Gasteiger partial charge in [-0.15, -0.1) is 0 Å². The molecule has 0 radical (unpaired) electrons. The third kappa shape index (κ3) is 15.9. The standard InChI is InChI=1S/C50H72N8O13/c1-26(2)21-34-48(67)57(8)37(23-30-13-11-10-12-14-30)45(64)55-41(28(5)6)50(69)71-29(7)42(47(66)54-35(22-27(3)4)49(68)58-36(44(63)53-34)19-20-40(58)70-9)56-43(62)33(25-39(51)61)52-46(65)38(60)24-31-15-17-32(59)18-16-31/h10-18,26-29,33-38,40-42,59-60H,19-25H2,1-9H3,(H2,51,61)(H,52,65)(H,53,63)(H,54,66)(H,55,64)(H,56,62)/t29-,33+,34-,35-,36-,37-,38-,40+,41-,42-/m0/s1. The van der Waals surface area contributed by atoms with Gasteiger partial charge in [-0.3, -0.25) is 38.4 Å². The minimum Gasteiger partial charge on any atom is -0.508 e. The van der Waals surface area contributed by atoms with Crippen molar-refractivity contribution in [1.82, 2.24) is 36.4 Å². The van der Waals surface area contributed by atoms with Crippen molar-refractivity contribution in [1.29, 1.82) is 0 Å². The van der Waals surface area contributed by atoms with Crippen LogP contribution in [-0.4, -0.2) is 148 Å². The Kier molecular flexibility index (Phi) is 20.9. The zero-order chi connectivity index (χ0) is 52.9. The number of benzene rings is 2. The number of nitrogens with zero attached hydrogens (tertiary/aromatic N) is 2. The van der Waals surface area contributed by atoms with Crippen LogP contribution in [0.25, 0.3) is 0 Å². The van der Waals surface area contributed by atoms with E-state index in [-0.39, 0.29) is 56.1 Å². The number of aromatic hydroxyl groups is 1. The van der Waals surface area contributed by atoms with Gasteiger partial charge in [0, 0.05) is 27.0 Å². The van der Waals surface area contributed by atoms with Gasteiger partial charge in [-0.05, 0) is 73.6 Å². The van der Waals surface area contributed by atoms with E-state index in [0.717, 1.165) is 0 Å². The predicted molar refractivity (Wildman–Crippen MR) is 258 cm³/mol. The second-order valence-electron chi connectivity index (χ2n) is 19.5. The monoisotopic (exact) mass is 993 g/mol. The van der Waals surface area contributed by atoms with Crippen LogP contribution in [0.5, 0.6) is 5.75 Å². The molecule has 2 fully saturated rings. The first-order valence-corrected chi connectivity index (χ1v) is 24.0. The van der Waals surface area contributed by atoms with Crippen molar-refractivity contribution in [2.75, 3.05) is 14.2 Å². The van der Waals surface area contributed by atoms with E-state index in [1.54, 1.807) is 58.0 Å². The van der Waals surface area contributed by atoms with Gasteiger partial charge in [-0.2, -0.15) is 0 Å². The molecule has 8 amide bonds. The summed E-state index contributed by atoms with van der Waals surface area (Å²) in [5.41, 5.74) is 6.61. The summed E-state index contributed by atoms with van der Waals surface area (Å²) >= 11 is 0. The average Bonchev–Trinajstić information content (AvgIpc) is 3.74. The molecule has 10 atom stereocenters. The minimum absolute atomic E-state index is 0.00344. The number of amides is 8. The van der Waals surface area contributed by atoms with Crippen molar-refractivity contribution in [3.05, 3.63) is 65.7 Å². The third-order valence-electron chi connectivity index (χ3n) is 12.5. The number of phenols is 1. The van der Waals surface area contributed by atoms with Crippen LogP contribution < -0.4 is 32.3 Å². The number of hydrogen-bond acceptors (Lipinski definition) is 13. The molecule has 21 nitrogen and oxygen atoms in total. The number of fused-ring (bicyclic) bond motifs is 1. The molecule has 0 unspecified atom stereocenters. The van der Waals surface area contributed by atoms with Gasteiger partial charge in [0.25, 0.3) is 0 Å². The number of esters is 1. The molecule has 2 saturated heterocycles. The summed E-state index contributed by atoms with van der Waals surface area (Å²) in [5.74, 6) is -9.23. The van der Waals surface area contributed by atoms with Gasteiger partial charge in [0.15, 0.2) is 0 Å². The number of nitrogens with one attached hydrogen (secondary N) is 5. The molecule has 0 bridgehead atoms. The lowest BCUT2D eigenvalue weighted by Crippen LogP contribution is -2.62. The molecule has 0 spiro atoms. The first-order chi connectivity index (χ1) is 33.4. The second-order valence-corrected chi connectivity index (χ2v) is 19.5. The fraction of sp³-hybridized carbons (Fsp3) is 0.580. The zero-order valence-corrected chi connectivity index (χ0v) is 42.0. The number of cyclic esters (lactones) is 1. The van der Waals surface area contributed by atoms with E-state index in [2.05, 4.69) is 26.6 Å². The fourth-order valence-corrected chi connectivity index (χ4v) is 8.65. The maximum Gasteiger partial charge on any atom is 0.329 e. The molecule has 4 rings (SSSR count). The van der Waals surface area contributed by atoms with E-state index >= 15 is 0 Å². The number of ether oxygens (including phenoxy) is 2. The Morgan fingerprint density at radius 2 is 1.39 bits per heavy atom. The van der Waals surface area contributed by atoms with E-state index in [1.807, 2.05) is 13.8 Å². The maximum absolute atomic E-state index is 14.9. The van der Waals surface area contributed by atoms with Crippen LogP contribution in [0.4, 0.5) is 0 Å². The highest BCUT2D eigenvalue weighted by atomic mass is 16.5. The summed E-state index contributed by atoms with van der Waals surface area (Å²) in [6.45, 7) is 11.8. The molecule has 21 heteroatoms. The number of hydrogen-bond donors (Lipinski definition) is 8. The van der Waals surface area contributed by atoms with Crippen molar-refractivity contribution >= 4 is 53.2 Å². The van der Waals surface area contributed by atoms with Crippen molar-refractivity contribution in [3.63, 3.8) is 0 Å². The lowest BCUT2D eigenvalue weighted by Gasteiger charge is -2.35. The highest BCUT2D eigenvalue weighted by Gasteiger charge is 2.46. The number of aliphatic hydroxyl groups is 1. The van der Waals surface area contributed by atoms with Crippen LogP contribution >= 0.6 is 0 Å². The quantitative estimate of drug-likeness (QED) is 0.105. The molecule has 2 aliphatic heterocycles. The molecule has 2 heterocycles. The van der Waals surface area contributed by atoms with Crippen molar-refractivity contribution in [2.24, 2.45) is 23.5 Å². The Bertz CT molecular complexity index is 2210. The van der Waals surface area contributed by atoms with E-state index in [4.69, 9.17) is 15.2 Å². The molecular formula is C50H72N8O13. The number of rotatable bonds is 16. The molecule has 71 heavy (non-hydrogen) atoms. The molecular weight excluding hydrogens is 921 g/mol. The topological polar surface area (TPSA) is 305 Å². The van der Waals surface area contributed by atoms with Gasteiger partial charge in [0.2, 0.25) is 47.3 Å². The lowest BCUT2D eigenvalue weighted by atomic mass is 9.98. The molecule has 9 N–H and O–H groups in total. The van der Waals surface area contributed by atoms with Crippen LogP contribution in [-0.2, 0) is 65.5 Å². The van der Waals surface area contributed by atoms with Crippen LogP contribution in [0.15, 0.2) is 54.6 Å². The molecule has 2 aromatic rings. The molecule has 2 aromatic carbocycles. The number of carbonyl (C=O) groups excluding carboxylic acids is 9. The smallest absolute Gasteiger partial charge is 0.329 e. The second kappa shape index (κ2) is 26.0. The Labute approximate surface area is 414 Å². The Hall–Kier alpha value is -6.61. The van der Waals surface area contributed by atoms with Gasteiger partial charge in [0.05, 0.1) is 6.42 Å². The number of likely N-dealkylation sites (N-methyl/N-ethyl adjacent to an activating group) is 1. The third-order valence-corrected chi connectivity index (χ3v) is 12.5. The number of carbonyl (C=O) groups is 9. The average molecular weight is 993 g/mol. The molecule has 0 aliphatic carbocycles. The first kappa shape index (κ1) is 57.0. The highest BCUT2D eigenvalue weighted by molar-refractivity contribution is 5.99. The Morgan fingerprint density at radius 1 is 0.803 bits per heavy atom. The maximum atomic E-state index is 14.9. The minimum atomic E-state index is -1.86. The summed E-state index contributed by atoms with van der Waals surface area (Å²) in [6.07, 6.45) is -4.86. The van der Waals surface area contributed by atoms with Crippen LogP contribution in [0, 0.1) is 17.8 Å². The van der Waals surface area contributed by atoms with Gasteiger partial charge in [-0.25, -0.2) is 4.79 Å². The van der Waals surface area contributed by atoms with Crippen LogP contribution in [0.2, 0.25) is 0 Å². The Morgan fingerprint density at radius 3 is 1.96 bits per heavy atom. The van der Waals surface area contributed by atoms with Gasteiger partial charge in [-0.1, -0.05) is 84.0 Å². The molecule has 2 aliphatic rings. The zero-order valence-electron chi connectivity index (χ0n) is 42.0. The molecule has 0 saturated carbocycles.